The Morgan fingerprint density at radius 2 is 2.00 bits per heavy atom. The topological polar surface area (TPSA) is 110 Å². The molecule has 0 aromatic carbocycles. The lowest BCUT2D eigenvalue weighted by Gasteiger charge is -2.33. The smallest absolute Gasteiger partial charge is 0.244 e. The van der Waals surface area contributed by atoms with Crippen molar-refractivity contribution < 1.29 is 16.8 Å². The summed E-state index contributed by atoms with van der Waals surface area (Å²) < 4.78 is 49.3. The maximum atomic E-state index is 12.6. The van der Waals surface area contributed by atoms with Crippen molar-refractivity contribution in [3.8, 4) is 0 Å². The molecular formula is C12H19N3O4S2. The SMILES string of the molecule is CS(=O)(=O)c1ccc(S(=O)(=O)N2CCCCC2CN)cn1. The van der Waals surface area contributed by atoms with Gasteiger partial charge in [-0.2, -0.15) is 4.31 Å². The fourth-order valence-electron chi connectivity index (χ4n) is 2.40. The van der Waals surface area contributed by atoms with E-state index in [1.165, 1.54) is 16.4 Å². The van der Waals surface area contributed by atoms with Crippen molar-refractivity contribution in [1.82, 2.24) is 9.29 Å². The predicted octanol–water partition coefficient (Wildman–Crippen LogP) is -0.0130. The van der Waals surface area contributed by atoms with Crippen molar-refractivity contribution in [3.05, 3.63) is 18.3 Å². The third-order valence-corrected chi connectivity index (χ3v) is 6.48. The number of sulfonamides is 1. The summed E-state index contributed by atoms with van der Waals surface area (Å²) >= 11 is 0. The molecule has 21 heavy (non-hydrogen) atoms. The van der Waals surface area contributed by atoms with Crippen LogP contribution in [-0.4, -0.2) is 51.5 Å². The minimum absolute atomic E-state index is 0.00440. The molecular weight excluding hydrogens is 314 g/mol. The number of aromatic nitrogens is 1. The minimum atomic E-state index is -3.69. The van der Waals surface area contributed by atoms with Gasteiger partial charge in [-0.15, -0.1) is 0 Å². The third-order valence-electron chi connectivity index (χ3n) is 3.54. The molecule has 1 aromatic heterocycles. The second-order valence-corrected chi connectivity index (χ2v) is 8.96. The van der Waals surface area contributed by atoms with Gasteiger partial charge in [0.15, 0.2) is 14.9 Å². The molecule has 7 nitrogen and oxygen atoms in total. The summed E-state index contributed by atoms with van der Waals surface area (Å²) in [6.45, 7) is 0.701. The molecule has 0 spiro atoms. The molecule has 1 atom stereocenters. The van der Waals surface area contributed by atoms with Crippen LogP contribution < -0.4 is 5.73 Å². The average Bonchev–Trinajstić information content (AvgIpc) is 2.46. The predicted molar refractivity (Wildman–Crippen MR) is 77.9 cm³/mol. The van der Waals surface area contributed by atoms with Crippen molar-refractivity contribution in [2.24, 2.45) is 5.73 Å². The van der Waals surface area contributed by atoms with E-state index < -0.39 is 19.9 Å². The van der Waals surface area contributed by atoms with Gasteiger partial charge in [-0.25, -0.2) is 21.8 Å². The van der Waals surface area contributed by atoms with Crippen LogP contribution in [0.1, 0.15) is 19.3 Å². The number of hydrogen-bond acceptors (Lipinski definition) is 6. The van der Waals surface area contributed by atoms with Crippen LogP contribution in [-0.2, 0) is 19.9 Å². The van der Waals surface area contributed by atoms with E-state index in [2.05, 4.69) is 4.98 Å². The number of sulfone groups is 1. The van der Waals surface area contributed by atoms with Gasteiger partial charge >= 0.3 is 0 Å². The molecule has 0 radical (unpaired) electrons. The van der Waals surface area contributed by atoms with Crippen molar-refractivity contribution >= 4 is 19.9 Å². The van der Waals surface area contributed by atoms with Crippen LogP contribution in [0.3, 0.4) is 0 Å². The van der Waals surface area contributed by atoms with E-state index in [1.54, 1.807) is 0 Å². The van der Waals surface area contributed by atoms with Crippen LogP contribution in [0, 0.1) is 0 Å². The second-order valence-electron chi connectivity index (χ2n) is 5.11. The van der Waals surface area contributed by atoms with Gasteiger partial charge in [-0.3, -0.25) is 0 Å². The number of nitrogens with two attached hydrogens (primary N) is 1. The normalized spacial score (nSPS) is 21.3. The molecule has 1 aromatic rings. The largest absolute Gasteiger partial charge is 0.329 e. The summed E-state index contributed by atoms with van der Waals surface area (Å²) in [5.41, 5.74) is 5.65. The van der Waals surface area contributed by atoms with Crippen LogP contribution in [0.2, 0.25) is 0 Å². The van der Waals surface area contributed by atoms with Crippen molar-refractivity contribution in [2.45, 2.75) is 35.2 Å². The van der Waals surface area contributed by atoms with Crippen molar-refractivity contribution in [1.29, 1.82) is 0 Å². The van der Waals surface area contributed by atoms with E-state index in [0.717, 1.165) is 31.7 Å². The Bertz CT molecular complexity index is 699. The molecule has 118 valence electrons. The van der Waals surface area contributed by atoms with Crippen molar-refractivity contribution in [3.63, 3.8) is 0 Å². The Balaban J connectivity index is 2.35. The zero-order valence-corrected chi connectivity index (χ0v) is 13.4. The number of piperidine rings is 1. The van der Waals surface area contributed by atoms with Gasteiger partial charge in [0.2, 0.25) is 10.0 Å². The lowest BCUT2D eigenvalue weighted by Crippen LogP contribution is -2.47. The second kappa shape index (κ2) is 5.99. The molecule has 0 saturated carbocycles. The van der Waals surface area contributed by atoms with E-state index in [-0.39, 0.29) is 22.5 Å². The molecule has 2 rings (SSSR count). The summed E-state index contributed by atoms with van der Waals surface area (Å²) in [5, 5.41) is -0.143. The molecule has 1 aliphatic rings. The Morgan fingerprint density at radius 1 is 1.29 bits per heavy atom. The summed E-state index contributed by atoms with van der Waals surface area (Å²) in [6.07, 6.45) is 4.61. The number of rotatable bonds is 4. The molecule has 1 aliphatic heterocycles. The van der Waals surface area contributed by atoms with Gasteiger partial charge < -0.3 is 5.73 Å². The van der Waals surface area contributed by atoms with E-state index >= 15 is 0 Å². The highest BCUT2D eigenvalue weighted by molar-refractivity contribution is 7.90. The number of nitrogens with zero attached hydrogens (tertiary/aromatic N) is 2. The van der Waals surface area contributed by atoms with E-state index in [0.29, 0.717) is 6.54 Å². The monoisotopic (exact) mass is 333 g/mol. The maximum absolute atomic E-state index is 12.6. The zero-order chi connectivity index (χ0) is 15.7. The molecule has 2 N–H and O–H groups in total. The minimum Gasteiger partial charge on any atom is -0.329 e. The molecule has 1 unspecified atom stereocenters. The number of hydrogen-bond donors (Lipinski definition) is 1. The lowest BCUT2D eigenvalue weighted by molar-refractivity contribution is 0.257. The van der Waals surface area contributed by atoms with Crippen LogP contribution in [0.5, 0.6) is 0 Å². The fraction of sp³-hybridized carbons (Fsp3) is 0.583. The van der Waals surface area contributed by atoms with E-state index in [1.807, 2.05) is 0 Å². The first-order chi connectivity index (χ1) is 9.76. The Hall–Kier alpha value is -1.03. The van der Waals surface area contributed by atoms with Gasteiger partial charge in [0.05, 0.1) is 0 Å². The van der Waals surface area contributed by atoms with E-state index in [4.69, 9.17) is 5.73 Å². The van der Waals surface area contributed by atoms with Gasteiger partial charge in [0.25, 0.3) is 0 Å². The van der Waals surface area contributed by atoms with Gasteiger partial charge in [-0.05, 0) is 25.0 Å². The quantitative estimate of drug-likeness (QED) is 0.829. The number of pyridine rings is 1. The first kappa shape index (κ1) is 16.3. The van der Waals surface area contributed by atoms with Crippen LogP contribution in [0.25, 0.3) is 0 Å². The highest BCUT2D eigenvalue weighted by Gasteiger charge is 2.33. The lowest BCUT2D eigenvalue weighted by atomic mass is 10.1. The third kappa shape index (κ3) is 3.42. The van der Waals surface area contributed by atoms with Crippen LogP contribution in [0.15, 0.2) is 28.3 Å². The van der Waals surface area contributed by atoms with Gasteiger partial charge in [-0.1, -0.05) is 6.42 Å². The highest BCUT2D eigenvalue weighted by atomic mass is 32.2. The Kier molecular flexibility index (Phi) is 4.66. The van der Waals surface area contributed by atoms with Gasteiger partial charge in [0.1, 0.15) is 4.90 Å². The summed E-state index contributed by atoms with van der Waals surface area (Å²) in [7, 11) is -7.13. The van der Waals surface area contributed by atoms with E-state index in [9.17, 15) is 16.8 Å². The summed E-state index contributed by atoms with van der Waals surface area (Å²) in [5.74, 6) is 0. The Morgan fingerprint density at radius 3 is 2.52 bits per heavy atom. The Labute approximate surface area is 125 Å². The molecule has 0 amide bonds. The fourth-order valence-corrected chi connectivity index (χ4v) is 4.61. The molecule has 0 bridgehead atoms. The summed E-state index contributed by atoms with van der Waals surface area (Å²) in [4.78, 5) is 3.73. The van der Waals surface area contributed by atoms with Crippen molar-refractivity contribution in [2.75, 3.05) is 19.3 Å². The molecule has 0 aliphatic carbocycles. The zero-order valence-electron chi connectivity index (χ0n) is 11.8. The maximum Gasteiger partial charge on any atom is 0.244 e. The molecule has 1 fully saturated rings. The standard InChI is InChI=1S/C12H19N3O4S2/c1-20(16,17)12-6-5-11(9-14-12)21(18,19)15-7-3-2-4-10(15)8-13/h5-6,9-10H,2-4,7-8,13H2,1H3. The first-order valence-corrected chi connectivity index (χ1v) is 9.98. The molecule has 1 saturated heterocycles. The van der Waals surface area contributed by atoms with Crippen LogP contribution >= 0.6 is 0 Å². The molecule has 2 heterocycles. The molecule has 9 heteroatoms. The van der Waals surface area contributed by atoms with Crippen LogP contribution in [0.4, 0.5) is 0 Å². The van der Waals surface area contributed by atoms with Gasteiger partial charge in [0, 0.05) is 31.6 Å². The average molecular weight is 333 g/mol. The summed E-state index contributed by atoms with van der Waals surface area (Å²) in [6, 6.07) is 2.28. The highest BCUT2D eigenvalue weighted by Crippen LogP contribution is 2.24. The first-order valence-electron chi connectivity index (χ1n) is 6.65.